The molecule has 0 amide bonds. The van der Waals surface area contributed by atoms with Crippen LogP contribution in [0.4, 0.5) is 34.4 Å². The van der Waals surface area contributed by atoms with Crippen LogP contribution in [0, 0.1) is 24.3 Å². The summed E-state index contributed by atoms with van der Waals surface area (Å²) in [6, 6.07) is 132. The van der Waals surface area contributed by atoms with E-state index >= 15 is 0 Å². The first-order chi connectivity index (χ1) is 56.5. The molecular weight excluding hydrogens is 1860 g/mol. The molecule has 0 fully saturated rings. The van der Waals surface area contributed by atoms with Crippen molar-refractivity contribution >= 4 is 210 Å². The van der Waals surface area contributed by atoms with Crippen LogP contribution >= 0.6 is 22.7 Å². The molecule has 24 rings (SSSR count). The van der Waals surface area contributed by atoms with E-state index < -0.39 is 16.1 Å². The summed E-state index contributed by atoms with van der Waals surface area (Å²) in [5.74, 6) is 4.18. The van der Waals surface area contributed by atoms with Gasteiger partial charge in [0.2, 0.25) is 0 Å². The van der Waals surface area contributed by atoms with Gasteiger partial charge in [-0.15, -0.1) is 83.3 Å². The van der Waals surface area contributed by atoms with Crippen molar-refractivity contribution in [1.29, 1.82) is 0 Å². The van der Waals surface area contributed by atoms with Gasteiger partial charge < -0.3 is 28.1 Å². The molecule has 16 heteroatoms. The monoisotopic (exact) mass is 1910 g/mol. The molecule has 0 radical (unpaired) electrons. The van der Waals surface area contributed by atoms with Crippen LogP contribution in [-0.4, -0.2) is 44.9 Å². The van der Waals surface area contributed by atoms with Crippen LogP contribution in [0.15, 0.2) is 365 Å². The number of imidazole rings is 2. The van der Waals surface area contributed by atoms with Crippen molar-refractivity contribution in [2.45, 2.75) is 0 Å². The average molecular weight is 1920 g/mol. The van der Waals surface area contributed by atoms with Gasteiger partial charge in [0.25, 0.3) is 0 Å². The van der Waals surface area contributed by atoms with Gasteiger partial charge in [0, 0.05) is 123 Å². The first-order valence-corrected chi connectivity index (χ1v) is 43.6. The molecule has 552 valence electrons. The van der Waals surface area contributed by atoms with Gasteiger partial charge in [-0.3, -0.25) is 9.97 Å². The summed E-state index contributed by atoms with van der Waals surface area (Å²) >= 11 is 3.75. The molecule has 0 N–H and O–H groups in total. The number of thiophene rings is 2. The van der Waals surface area contributed by atoms with Crippen molar-refractivity contribution in [3.63, 3.8) is 0 Å². The Bertz CT molecular complexity index is 7550. The number of benzene rings is 14. The Labute approximate surface area is 705 Å². The Morgan fingerprint density at radius 1 is 0.293 bits per heavy atom. The smallest absolute Gasteiger partial charge is 0.503 e. The second-order valence-corrected chi connectivity index (χ2v) is 38.3. The van der Waals surface area contributed by atoms with Crippen molar-refractivity contribution in [1.82, 2.24) is 28.7 Å². The number of nitrogens with zero attached hydrogens (tertiary/aromatic N) is 8. The largest absolute Gasteiger partial charge is 2.00 e. The maximum absolute atomic E-state index is 6.64. The summed E-state index contributed by atoms with van der Waals surface area (Å²) in [7, 11) is -5.96. The third-order valence-corrected chi connectivity index (χ3v) is 35.0. The molecule has 10 heterocycles. The zero-order valence-corrected chi connectivity index (χ0v) is 69.7. The second-order valence-electron chi connectivity index (χ2n) is 28.8. The van der Waals surface area contributed by atoms with E-state index in [1.54, 1.807) is 0 Å². The fraction of sp³-hybridized carbons (Fsp3) is 0. The Morgan fingerprint density at radius 2 is 0.707 bits per heavy atom. The number of fused-ring (bicyclic) bond motifs is 24. The second kappa shape index (κ2) is 28.7. The Hall–Kier alpha value is -12.7. The van der Waals surface area contributed by atoms with Gasteiger partial charge in [-0.05, 0) is 107 Å². The van der Waals surface area contributed by atoms with Crippen molar-refractivity contribution in [2.24, 2.45) is 0 Å². The molecule has 0 saturated carbocycles. The third-order valence-electron chi connectivity index (χ3n) is 22.8. The maximum Gasteiger partial charge on any atom is 2.00 e. The number of aromatic nitrogens is 6. The van der Waals surface area contributed by atoms with Gasteiger partial charge in [0.1, 0.15) is 11.6 Å². The Kier molecular flexibility index (Phi) is 17.6. The first-order valence-electron chi connectivity index (χ1n) is 38.0. The summed E-state index contributed by atoms with van der Waals surface area (Å²) in [5, 5.41) is 21.9. The van der Waals surface area contributed by atoms with Crippen LogP contribution in [0.2, 0.25) is 0 Å². The van der Waals surface area contributed by atoms with E-state index in [1.807, 2.05) is 96.3 Å². The van der Waals surface area contributed by atoms with Crippen LogP contribution in [0.3, 0.4) is 0 Å². The molecule has 0 bridgehead atoms. The number of rotatable bonds is 10. The number of hydrogen-bond donors (Lipinski definition) is 0. The van der Waals surface area contributed by atoms with Crippen molar-refractivity contribution in [3.05, 3.63) is 389 Å². The molecule has 22 aromatic rings. The maximum atomic E-state index is 6.64. The number of ether oxygens (including phenoxy) is 2. The Balaban J connectivity index is 0.000000142. The molecule has 0 aliphatic carbocycles. The summed E-state index contributed by atoms with van der Waals surface area (Å²) in [5.41, 5.74) is 7.81. The van der Waals surface area contributed by atoms with Crippen LogP contribution in [-0.2, 0) is 42.1 Å². The molecule has 116 heavy (non-hydrogen) atoms. The average Bonchev–Trinajstić information content (AvgIpc) is 1.41. The molecule has 0 unspecified atom stereocenters. The van der Waals surface area contributed by atoms with Crippen LogP contribution in [0.1, 0.15) is 0 Å². The van der Waals surface area contributed by atoms with Crippen molar-refractivity contribution in [2.75, 3.05) is 9.80 Å². The number of hydrogen-bond acceptors (Lipinski definition) is 10. The SMILES string of the molecule is [Pt+2].[Pt+2].[c-]1c(Oc2[c-]c3c(cc2)c2ccccc2n2ccnc32)cccc1N1c2ccc3c(sc4ccccc43)c2[Si](c2ccccc2)(c2ccccc2)c2cccnc21.[c-]1c(Oc2[c-]c3c(cc2)c2ccccc2n2ccnc32)cccc1N1c2ccc3sc4ccccc4c3c2[Si](c2ccccc2)(c2ccccc2)c2cccnc21. The number of para-hydroxylation sites is 2. The van der Waals surface area contributed by atoms with Gasteiger partial charge in [-0.25, -0.2) is 9.97 Å². The van der Waals surface area contributed by atoms with Crippen LogP contribution in [0.5, 0.6) is 23.0 Å². The third kappa shape index (κ3) is 10.9. The molecule has 0 saturated heterocycles. The molecule has 14 aromatic carbocycles. The van der Waals surface area contributed by atoms with E-state index in [4.69, 9.17) is 29.4 Å². The van der Waals surface area contributed by atoms with Crippen LogP contribution in [0.25, 0.3) is 95.0 Å². The fourth-order valence-corrected chi connectivity index (χ4v) is 31.6. The summed E-state index contributed by atoms with van der Waals surface area (Å²) < 4.78 is 22.7. The van der Waals surface area contributed by atoms with Gasteiger partial charge in [-0.1, -0.05) is 257 Å². The normalized spacial score (nSPS) is 13.1. The van der Waals surface area contributed by atoms with E-state index in [0.29, 0.717) is 23.0 Å². The molecule has 0 spiro atoms. The summed E-state index contributed by atoms with van der Waals surface area (Å²) in [6.07, 6.45) is 11.5. The molecular formula is C100H60N8O2Pt2S2Si2. The summed E-state index contributed by atoms with van der Waals surface area (Å²) in [4.78, 5) is 24.5. The molecule has 2 aliphatic heterocycles. The minimum atomic E-state index is -2.99. The quantitative estimate of drug-likeness (QED) is 0.0761. The standard InChI is InChI=1S/2C50H30N4OSSi.2Pt/c1-3-15-36(16-4-1)57(37-17-5-2-6-18-37)46-23-12-28-51-50(46)54(43-26-27-45-47(48(43)57)40-20-8-10-22-44(40)56-45)33-13-11-14-34(31-33)55-35-24-25-38-39-19-7-9-21-42(39)53-30-29-52-49(53)41(38)32-35;1-3-15-36(16-4-1)57(37-17-5-2-6-18-37)46-23-12-28-51-50(46)54(44-27-26-41-40-20-8-10-22-45(40)56-47(41)48(44)57)33-13-11-14-34(31-33)55-35-24-25-38-39-19-7-9-21-43(39)53-30-29-52-49(53)42(38)32-35;;/h2*1-30H;;/q2*-2;2*+2. The van der Waals surface area contributed by atoms with Gasteiger partial charge in [-0.2, -0.15) is 12.1 Å². The van der Waals surface area contributed by atoms with E-state index in [-0.39, 0.29) is 42.1 Å². The van der Waals surface area contributed by atoms with Crippen LogP contribution < -0.4 is 60.8 Å². The number of anilines is 6. The van der Waals surface area contributed by atoms with Gasteiger partial charge >= 0.3 is 42.1 Å². The van der Waals surface area contributed by atoms with Crippen molar-refractivity contribution < 1.29 is 51.6 Å². The molecule has 0 atom stereocenters. The van der Waals surface area contributed by atoms with E-state index in [1.165, 1.54) is 81.8 Å². The zero-order chi connectivity index (χ0) is 75.0. The van der Waals surface area contributed by atoms with E-state index in [0.717, 1.165) is 89.0 Å². The summed E-state index contributed by atoms with van der Waals surface area (Å²) in [6.45, 7) is 0. The van der Waals surface area contributed by atoms with Crippen molar-refractivity contribution in [3.8, 4) is 23.0 Å². The van der Waals surface area contributed by atoms with Gasteiger partial charge in [0.05, 0.1) is 11.3 Å². The molecule has 10 nitrogen and oxygen atoms in total. The van der Waals surface area contributed by atoms with E-state index in [2.05, 4.69) is 334 Å². The predicted molar refractivity (Wildman–Crippen MR) is 474 cm³/mol. The molecule has 8 aromatic heterocycles. The minimum Gasteiger partial charge on any atom is -0.503 e. The van der Waals surface area contributed by atoms with Gasteiger partial charge in [0.15, 0.2) is 16.1 Å². The Morgan fingerprint density at radius 3 is 1.22 bits per heavy atom. The topological polar surface area (TPSA) is 85.3 Å². The zero-order valence-electron chi connectivity index (χ0n) is 61.5. The number of pyridine rings is 4. The minimum absolute atomic E-state index is 0. The first kappa shape index (κ1) is 71.1. The molecule has 2 aliphatic rings. The van der Waals surface area contributed by atoms with E-state index in [9.17, 15) is 0 Å². The fourth-order valence-electron chi connectivity index (χ4n) is 18.3. The predicted octanol–water partition coefficient (Wildman–Crippen LogP) is 19.9.